The summed E-state index contributed by atoms with van der Waals surface area (Å²) in [5.74, 6) is 0.369. The molecule has 0 aliphatic heterocycles. The number of aromatic nitrogens is 1. The fourth-order valence-electron chi connectivity index (χ4n) is 3.60. The normalized spacial score (nSPS) is 10.8. The number of halogens is 1. The van der Waals surface area contributed by atoms with Crippen molar-refractivity contribution in [1.29, 1.82) is 0 Å². The predicted octanol–water partition coefficient (Wildman–Crippen LogP) is 6.31. The van der Waals surface area contributed by atoms with Gasteiger partial charge in [0.2, 0.25) is 0 Å². The van der Waals surface area contributed by atoms with Crippen molar-refractivity contribution in [2.75, 3.05) is 0 Å². The topological polar surface area (TPSA) is 68.7 Å². The number of benzene rings is 3. The van der Waals surface area contributed by atoms with Gasteiger partial charge in [0.05, 0.1) is 16.8 Å². The molecule has 0 saturated heterocycles. The van der Waals surface area contributed by atoms with Crippen molar-refractivity contribution < 1.29 is 19.4 Å². The van der Waals surface area contributed by atoms with Crippen LogP contribution in [-0.4, -0.2) is 16.1 Å². The summed E-state index contributed by atoms with van der Waals surface area (Å²) in [6.07, 6.45) is 0. The van der Waals surface area contributed by atoms with Gasteiger partial charge in [-0.15, -0.1) is 0 Å². The Morgan fingerprint density at radius 3 is 2.09 bits per heavy atom. The lowest BCUT2D eigenvalue weighted by molar-refractivity contribution is 0.0690. The van der Waals surface area contributed by atoms with E-state index in [1.54, 1.807) is 0 Å². The predicted molar refractivity (Wildman–Crippen MR) is 132 cm³/mol. The zero-order valence-corrected chi connectivity index (χ0v) is 19.9. The number of fused-ring (bicyclic) bond motifs is 1. The first-order chi connectivity index (χ1) is 15.4. The average Bonchev–Trinajstić information content (AvgIpc) is 2.77. The molecule has 4 rings (SSSR count). The van der Waals surface area contributed by atoms with Gasteiger partial charge in [-0.3, -0.25) is 0 Å². The first-order valence-electron chi connectivity index (χ1n) is 10.1. The van der Waals surface area contributed by atoms with Crippen LogP contribution in [0.5, 0.6) is 11.5 Å². The number of para-hydroxylation sites is 2. The molecule has 1 N–H and O–H groups in total. The molecule has 6 heteroatoms. The van der Waals surface area contributed by atoms with E-state index in [0.29, 0.717) is 22.5 Å². The Morgan fingerprint density at radius 1 is 0.906 bits per heavy atom. The number of pyridine rings is 1. The first kappa shape index (κ1) is 22.1. The summed E-state index contributed by atoms with van der Waals surface area (Å²) in [6, 6.07) is 21.1. The Labute approximate surface area is 200 Å². The lowest BCUT2D eigenvalue weighted by atomic mass is 10.0. The molecule has 0 saturated carbocycles. The smallest absolute Gasteiger partial charge is 0.338 e. The molecule has 0 aliphatic carbocycles. The third-order valence-electron chi connectivity index (χ3n) is 5.27. The molecule has 32 heavy (non-hydrogen) atoms. The van der Waals surface area contributed by atoms with Crippen LogP contribution in [0.15, 0.2) is 66.7 Å². The highest BCUT2D eigenvalue weighted by Gasteiger charge is 2.22. The molecular weight excluding hydrogens is 517 g/mol. The number of aromatic carboxylic acids is 1. The Bertz CT molecular complexity index is 1300. The maximum Gasteiger partial charge on any atom is 0.338 e. The van der Waals surface area contributed by atoms with Crippen LogP contribution in [0, 0.1) is 17.4 Å². The van der Waals surface area contributed by atoms with E-state index < -0.39 is 5.97 Å². The van der Waals surface area contributed by atoms with E-state index in [0.717, 1.165) is 25.8 Å². The largest absolute Gasteiger partial charge is 0.489 e. The number of aryl methyl sites for hydroxylation is 2. The Kier molecular flexibility index (Phi) is 6.60. The second-order valence-corrected chi connectivity index (χ2v) is 8.73. The third kappa shape index (κ3) is 4.70. The van der Waals surface area contributed by atoms with Crippen molar-refractivity contribution in [2.45, 2.75) is 27.1 Å². The van der Waals surface area contributed by atoms with Gasteiger partial charge in [-0.2, -0.15) is 0 Å². The Balaban J connectivity index is 1.79. The number of rotatable bonds is 7. The van der Waals surface area contributed by atoms with Gasteiger partial charge < -0.3 is 14.6 Å². The van der Waals surface area contributed by atoms with Gasteiger partial charge in [-0.25, -0.2) is 9.78 Å². The van der Waals surface area contributed by atoms with Crippen molar-refractivity contribution >= 4 is 39.5 Å². The van der Waals surface area contributed by atoms with E-state index >= 15 is 0 Å². The molecule has 0 spiro atoms. The van der Waals surface area contributed by atoms with Crippen molar-refractivity contribution in [3.05, 3.63) is 98.2 Å². The maximum absolute atomic E-state index is 12.4. The van der Waals surface area contributed by atoms with E-state index in [2.05, 4.69) is 27.6 Å². The summed E-state index contributed by atoms with van der Waals surface area (Å²) in [5.41, 5.74) is 3.76. The van der Waals surface area contributed by atoms with Crippen LogP contribution in [0.1, 0.15) is 32.7 Å². The summed E-state index contributed by atoms with van der Waals surface area (Å²) in [4.78, 5) is 17.0. The summed E-state index contributed by atoms with van der Waals surface area (Å²) in [5, 5.41) is 10.9. The number of carbonyl (C=O) groups is 1. The van der Waals surface area contributed by atoms with Crippen molar-refractivity contribution in [3.63, 3.8) is 0 Å². The second kappa shape index (κ2) is 9.56. The van der Waals surface area contributed by atoms with Crippen molar-refractivity contribution in [2.24, 2.45) is 0 Å². The van der Waals surface area contributed by atoms with Crippen molar-refractivity contribution in [1.82, 2.24) is 4.98 Å². The SMILES string of the molecule is Cc1ccccc1OCc1nc2ccc(I)cc2c(COc2ccccc2C)c1C(=O)O. The molecule has 0 unspecified atom stereocenters. The highest BCUT2D eigenvalue weighted by Crippen LogP contribution is 2.29. The summed E-state index contributed by atoms with van der Waals surface area (Å²) in [7, 11) is 0. The zero-order chi connectivity index (χ0) is 22.7. The molecular formula is C26H22INO4. The zero-order valence-electron chi connectivity index (χ0n) is 17.8. The van der Waals surface area contributed by atoms with Gasteiger partial charge in [0, 0.05) is 14.5 Å². The Morgan fingerprint density at radius 2 is 1.50 bits per heavy atom. The lowest BCUT2D eigenvalue weighted by Gasteiger charge is -2.17. The van der Waals surface area contributed by atoms with E-state index in [1.165, 1.54) is 0 Å². The number of hydrogen-bond acceptors (Lipinski definition) is 4. The number of hydrogen-bond donors (Lipinski definition) is 1. The molecule has 162 valence electrons. The van der Waals surface area contributed by atoms with Gasteiger partial charge in [-0.1, -0.05) is 36.4 Å². The van der Waals surface area contributed by atoms with Gasteiger partial charge in [-0.05, 0) is 77.9 Å². The molecule has 0 aliphatic rings. The standard InChI is InChI=1S/C26H22INO4/c1-16-7-3-5-9-23(16)31-14-20-19-13-18(27)11-12-21(19)28-22(25(20)26(29)30)15-32-24-10-6-4-8-17(24)2/h3-13H,14-15H2,1-2H3,(H,29,30). The van der Waals surface area contributed by atoms with Crippen molar-refractivity contribution in [3.8, 4) is 11.5 Å². The van der Waals surface area contributed by atoms with E-state index in [4.69, 9.17) is 9.47 Å². The third-order valence-corrected chi connectivity index (χ3v) is 5.94. The van der Waals surface area contributed by atoms with Crippen LogP contribution in [0.3, 0.4) is 0 Å². The lowest BCUT2D eigenvalue weighted by Crippen LogP contribution is -2.14. The molecule has 0 atom stereocenters. The van der Waals surface area contributed by atoms with Crippen LogP contribution < -0.4 is 9.47 Å². The number of carboxylic acid groups (broad SMARTS) is 1. The molecule has 3 aromatic carbocycles. The fraction of sp³-hybridized carbons (Fsp3) is 0.154. The monoisotopic (exact) mass is 539 g/mol. The molecule has 1 heterocycles. The van der Waals surface area contributed by atoms with E-state index in [9.17, 15) is 9.90 Å². The number of carboxylic acids is 1. The van der Waals surface area contributed by atoms with Gasteiger partial charge >= 0.3 is 5.97 Å². The van der Waals surface area contributed by atoms with E-state index in [1.807, 2.05) is 80.6 Å². The van der Waals surface area contributed by atoms with Crippen LogP contribution in [0.2, 0.25) is 0 Å². The molecule has 5 nitrogen and oxygen atoms in total. The maximum atomic E-state index is 12.4. The highest BCUT2D eigenvalue weighted by molar-refractivity contribution is 14.1. The molecule has 0 bridgehead atoms. The average molecular weight is 539 g/mol. The molecule has 4 aromatic rings. The first-order valence-corrected chi connectivity index (χ1v) is 11.2. The second-order valence-electron chi connectivity index (χ2n) is 7.49. The van der Waals surface area contributed by atoms with Crippen LogP contribution >= 0.6 is 22.6 Å². The highest BCUT2D eigenvalue weighted by atomic mass is 127. The summed E-state index contributed by atoms with van der Waals surface area (Å²) < 4.78 is 13.0. The van der Waals surface area contributed by atoms with Crippen LogP contribution in [0.4, 0.5) is 0 Å². The quantitative estimate of drug-likeness (QED) is 0.279. The van der Waals surface area contributed by atoms with Gasteiger partial charge in [0.25, 0.3) is 0 Å². The minimum atomic E-state index is -1.05. The molecule has 1 aromatic heterocycles. The molecule has 0 amide bonds. The summed E-state index contributed by atoms with van der Waals surface area (Å²) >= 11 is 2.21. The van der Waals surface area contributed by atoms with Crippen LogP contribution in [-0.2, 0) is 13.2 Å². The number of ether oxygens (including phenoxy) is 2. The van der Waals surface area contributed by atoms with Crippen LogP contribution in [0.25, 0.3) is 10.9 Å². The van der Waals surface area contributed by atoms with Gasteiger partial charge in [0.1, 0.15) is 24.7 Å². The van der Waals surface area contributed by atoms with Gasteiger partial charge in [0.15, 0.2) is 0 Å². The summed E-state index contributed by atoms with van der Waals surface area (Å²) in [6.45, 7) is 4.07. The minimum Gasteiger partial charge on any atom is -0.489 e. The Hall–Kier alpha value is -3.13. The number of nitrogens with zero attached hydrogens (tertiary/aromatic N) is 1. The molecule has 0 fully saturated rings. The molecule has 0 radical (unpaired) electrons. The fourth-order valence-corrected chi connectivity index (χ4v) is 4.09. The minimum absolute atomic E-state index is 0.0474. The van der Waals surface area contributed by atoms with E-state index in [-0.39, 0.29) is 18.8 Å².